The summed E-state index contributed by atoms with van der Waals surface area (Å²) in [6.45, 7) is 0. The summed E-state index contributed by atoms with van der Waals surface area (Å²) >= 11 is 9.70. The van der Waals surface area contributed by atoms with Crippen molar-refractivity contribution in [3.8, 4) is 22.5 Å². The number of benzene rings is 3. The van der Waals surface area contributed by atoms with Crippen LogP contribution in [0.15, 0.2) is 119 Å². The SMILES string of the molecule is [Ir].[S-]c1ccccc1[S-].c1ccc2c(c1)-c1ccccc1C21c2cccnc2-c2ncccc21. The molecule has 2 nitrogen and oxygen atoms in total. The van der Waals surface area contributed by atoms with Crippen molar-refractivity contribution >= 4 is 25.3 Å². The van der Waals surface area contributed by atoms with Gasteiger partial charge in [-0.3, -0.25) is 9.97 Å². The van der Waals surface area contributed by atoms with E-state index in [0.29, 0.717) is 0 Å². The fraction of sp³-hybridized carbons (Fsp3) is 0.0345. The van der Waals surface area contributed by atoms with Crippen molar-refractivity contribution in [2.24, 2.45) is 0 Å². The quantitative estimate of drug-likeness (QED) is 0.180. The molecule has 3 aromatic carbocycles. The van der Waals surface area contributed by atoms with Crippen LogP contribution in [-0.4, -0.2) is 9.97 Å². The van der Waals surface area contributed by atoms with Gasteiger partial charge in [-0.1, -0.05) is 84.9 Å². The van der Waals surface area contributed by atoms with Crippen molar-refractivity contribution in [2.45, 2.75) is 15.2 Å². The molecule has 1 spiro atoms. The Labute approximate surface area is 223 Å². The first kappa shape index (κ1) is 22.8. The second-order valence-corrected chi connectivity index (χ2v) is 8.97. The summed E-state index contributed by atoms with van der Waals surface area (Å²) in [5.74, 6) is 0. The smallest absolute Gasteiger partial charge is 0.0937 e. The van der Waals surface area contributed by atoms with Gasteiger partial charge in [-0.2, -0.15) is 9.79 Å². The molecule has 2 aliphatic rings. The third kappa shape index (κ3) is 3.24. The number of fused-ring (bicyclic) bond motifs is 10. The molecule has 0 atom stereocenters. The van der Waals surface area contributed by atoms with Crippen LogP contribution in [0.25, 0.3) is 22.5 Å². The van der Waals surface area contributed by atoms with E-state index < -0.39 is 0 Å². The molecular formula is C29H18IrN2S2-2. The zero-order valence-electron chi connectivity index (χ0n) is 17.9. The van der Waals surface area contributed by atoms with E-state index in [1.165, 1.54) is 33.4 Å². The number of pyridine rings is 2. The maximum absolute atomic E-state index is 4.85. The molecule has 5 aromatic rings. The summed E-state index contributed by atoms with van der Waals surface area (Å²) in [6.07, 6.45) is 3.73. The second-order valence-electron chi connectivity index (χ2n) is 8.09. The number of hydrogen-bond donors (Lipinski definition) is 0. The number of aromatic nitrogens is 2. The van der Waals surface area contributed by atoms with Gasteiger partial charge in [0.1, 0.15) is 0 Å². The van der Waals surface area contributed by atoms with Crippen LogP contribution < -0.4 is 0 Å². The summed E-state index contributed by atoms with van der Waals surface area (Å²) < 4.78 is 0. The topological polar surface area (TPSA) is 25.8 Å². The minimum absolute atomic E-state index is 0. The van der Waals surface area contributed by atoms with Crippen LogP contribution in [0.4, 0.5) is 0 Å². The van der Waals surface area contributed by atoms with Gasteiger partial charge in [0.15, 0.2) is 0 Å². The van der Waals surface area contributed by atoms with Crippen LogP contribution >= 0.6 is 0 Å². The summed E-state index contributed by atoms with van der Waals surface area (Å²) in [5, 5.41) is 0. The number of hydrogen-bond acceptors (Lipinski definition) is 4. The Balaban J connectivity index is 0.000000231. The van der Waals surface area contributed by atoms with Crippen molar-refractivity contribution in [2.75, 3.05) is 0 Å². The molecule has 7 rings (SSSR count). The van der Waals surface area contributed by atoms with Crippen molar-refractivity contribution < 1.29 is 20.1 Å². The fourth-order valence-corrected chi connectivity index (χ4v) is 5.50. The monoisotopic (exact) mass is 651 g/mol. The van der Waals surface area contributed by atoms with Crippen LogP contribution in [-0.2, 0) is 50.8 Å². The first-order valence-electron chi connectivity index (χ1n) is 10.8. The van der Waals surface area contributed by atoms with Crippen molar-refractivity contribution in [3.63, 3.8) is 0 Å². The molecule has 0 unspecified atom stereocenters. The molecule has 34 heavy (non-hydrogen) atoms. The van der Waals surface area contributed by atoms with E-state index in [2.05, 4.69) is 60.7 Å². The summed E-state index contributed by atoms with van der Waals surface area (Å²) in [5.41, 5.74) is 9.46. The number of rotatable bonds is 0. The summed E-state index contributed by atoms with van der Waals surface area (Å²) in [6, 6.07) is 33.4. The van der Waals surface area contributed by atoms with Gasteiger partial charge in [-0.15, -0.1) is 0 Å². The van der Waals surface area contributed by atoms with Crippen molar-refractivity contribution in [3.05, 3.63) is 132 Å². The minimum Gasteiger partial charge on any atom is -0.781 e. The number of nitrogens with zero attached hydrogens (tertiary/aromatic N) is 2. The molecule has 0 fully saturated rings. The van der Waals surface area contributed by atoms with Crippen LogP contribution in [0.1, 0.15) is 22.3 Å². The van der Waals surface area contributed by atoms with Crippen LogP contribution in [0.2, 0.25) is 0 Å². The molecule has 2 aliphatic carbocycles. The summed E-state index contributed by atoms with van der Waals surface area (Å²) in [7, 11) is 0. The van der Waals surface area contributed by atoms with Gasteiger partial charge in [0.25, 0.3) is 0 Å². The van der Waals surface area contributed by atoms with E-state index in [1.54, 1.807) is 0 Å². The Morgan fingerprint density at radius 2 is 0.853 bits per heavy atom. The molecule has 0 amide bonds. The third-order valence-corrected chi connectivity index (χ3v) is 7.29. The molecule has 0 aliphatic heterocycles. The van der Waals surface area contributed by atoms with E-state index in [-0.39, 0.29) is 25.5 Å². The second kappa shape index (κ2) is 9.01. The van der Waals surface area contributed by atoms with Gasteiger partial charge >= 0.3 is 0 Å². The Morgan fingerprint density at radius 3 is 1.29 bits per heavy atom. The maximum Gasteiger partial charge on any atom is 0.0937 e. The van der Waals surface area contributed by atoms with E-state index in [0.717, 1.165) is 21.2 Å². The van der Waals surface area contributed by atoms with Crippen molar-refractivity contribution in [1.82, 2.24) is 9.97 Å². The molecule has 0 saturated carbocycles. The van der Waals surface area contributed by atoms with E-state index in [1.807, 2.05) is 48.8 Å². The maximum atomic E-state index is 4.85. The van der Waals surface area contributed by atoms with Crippen LogP contribution in [0.5, 0.6) is 0 Å². The van der Waals surface area contributed by atoms with Crippen molar-refractivity contribution in [1.29, 1.82) is 0 Å². The van der Waals surface area contributed by atoms with Gasteiger partial charge in [0, 0.05) is 32.5 Å². The molecular weight excluding hydrogens is 633 g/mol. The molecule has 5 heteroatoms. The van der Waals surface area contributed by atoms with Gasteiger partial charge in [-0.05, 0) is 45.5 Å². The van der Waals surface area contributed by atoms with E-state index in [9.17, 15) is 0 Å². The molecule has 167 valence electrons. The fourth-order valence-electron chi connectivity index (χ4n) is 5.20. The zero-order chi connectivity index (χ0) is 22.4. The predicted octanol–water partition coefficient (Wildman–Crippen LogP) is 6.32. The molecule has 2 aromatic heterocycles. The third-order valence-electron chi connectivity index (χ3n) is 6.45. The van der Waals surface area contributed by atoms with Gasteiger partial charge in [-0.25, -0.2) is 0 Å². The zero-order valence-corrected chi connectivity index (χ0v) is 22.0. The Hall–Kier alpha value is -2.95. The average Bonchev–Trinajstić information content (AvgIpc) is 3.34. The standard InChI is InChI=1S/C23H14N2.C6H6S2.Ir/c1-3-9-17-15(7-1)16-8-2-4-10-18(16)23(17)19-11-5-13-24-21(19)22-20(23)12-6-14-25-22;7-5-3-1-2-4-6(5)8;/h1-14H;1-4,7-8H;/p-2. The largest absolute Gasteiger partial charge is 0.781 e. The molecule has 0 saturated heterocycles. The first-order chi connectivity index (χ1) is 16.2. The van der Waals surface area contributed by atoms with E-state index >= 15 is 0 Å². The Morgan fingerprint density at radius 1 is 0.471 bits per heavy atom. The summed E-state index contributed by atoms with van der Waals surface area (Å²) in [4.78, 5) is 10.9. The Bertz CT molecular complexity index is 1310. The average molecular weight is 651 g/mol. The first-order valence-corrected chi connectivity index (χ1v) is 11.6. The van der Waals surface area contributed by atoms with Gasteiger partial charge in [0.05, 0.1) is 16.8 Å². The molecule has 2 heterocycles. The van der Waals surface area contributed by atoms with Gasteiger partial charge in [0.2, 0.25) is 0 Å². The molecule has 0 N–H and O–H groups in total. The predicted molar refractivity (Wildman–Crippen MR) is 136 cm³/mol. The van der Waals surface area contributed by atoms with Gasteiger partial charge < -0.3 is 25.3 Å². The normalized spacial score (nSPS) is 12.9. The van der Waals surface area contributed by atoms with Crippen LogP contribution in [0, 0.1) is 0 Å². The molecule has 1 radical (unpaired) electrons. The molecule has 0 bridgehead atoms. The Kier molecular flexibility index (Phi) is 6.05. The van der Waals surface area contributed by atoms with Crippen LogP contribution in [0.3, 0.4) is 0 Å². The minimum atomic E-state index is -0.305. The van der Waals surface area contributed by atoms with E-state index in [4.69, 9.17) is 35.2 Å².